The average molecular weight is 1250 g/mol. The van der Waals surface area contributed by atoms with Crippen LogP contribution in [0.3, 0.4) is 0 Å². The Morgan fingerprint density at radius 2 is 0.771 bits per heavy atom. The quantitative estimate of drug-likeness (QED) is 0.0779. The number of hydrogen-bond acceptors (Lipinski definition) is 6. The van der Waals surface area contributed by atoms with Crippen molar-refractivity contribution in [2.75, 3.05) is 0 Å². The molecule has 18 heteroatoms. The Morgan fingerprint density at radius 3 is 1.00 bits per heavy atom. The van der Waals surface area contributed by atoms with Crippen molar-refractivity contribution in [1.82, 2.24) is 0 Å². The lowest BCUT2D eigenvalue weighted by molar-refractivity contribution is -0.597. The molecule has 1 aliphatic carbocycles. The fourth-order valence-corrected chi connectivity index (χ4v) is 11.6. The lowest BCUT2D eigenvalue weighted by Gasteiger charge is -2.40. The van der Waals surface area contributed by atoms with Crippen molar-refractivity contribution in [3.05, 3.63) is 176 Å². The first-order valence-corrected chi connectivity index (χ1v) is 28.6. The summed E-state index contributed by atoms with van der Waals surface area (Å²) in [6.07, 6.45) is -4.70. The van der Waals surface area contributed by atoms with Crippen LogP contribution in [-0.4, -0.2) is 49.0 Å². The highest BCUT2D eigenvalue weighted by Crippen LogP contribution is 2.53. The van der Waals surface area contributed by atoms with E-state index in [0.717, 1.165) is 0 Å². The van der Waals surface area contributed by atoms with Gasteiger partial charge in [-0.1, -0.05) is 132 Å². The number of hydrogen-bond donors (Lipinski definition) is 0. The van der Waals surface area contributed by atoms with Crippen molar-refractivity contribution in [1.29, 1.82) is 0 Å². The van der Waals surface area contributed by atoms with Crippen molar-refractivity contribution in [2.24, 2.45) is 0 Å². The maximum Gasteiger partial charge on any atom is 0.363 e. The molecule has 1 aliphatic rings. The molecular formula is C52H58F8I2O6S2. The van der Waals surface area contributed by atoms with Crippen LogP contribution >= 0.6 is 0 Å². The second-order valence-corrected chi connectivity index (χ2v) is 29.2. The molecule has 384 valence electrons. The summed E-state index contributed by atoms with van der Waals surface area (Å²) in [5.41, 5.74) is 6.63. The number of halogens is 10. The highest BCUT2D eigenvalue weighted by Gasteiger charge is 2.77. The molecular weight excluding hydrogens is 1190 g/mol. The molecule has 0 radical (unpaired) electrons. The van der Waals surface area contributed by atoms with Gasteiger partial charge in [0, 0.05) is 6.07 Å². The Bertz CT molecular complexity index is 2560. The van der Waals surface area contributed by atoms with Gasteiger partial charge in [0.2, 0.25) is 0 Å². The first-order valence-electron chi connectivity index (χ1n) is 21.5. The van der Waals surface area contributed by atoms with Gasteiger partial charge in [0.25, 0.3) is 5.00 Å². The van der Waals surface area contributed by atoms with E-state index >= 15 is 0 Å². The van der Waals surface area contributed by atoms with Crippen LogP contribution in [0.25, 0.3) is 0 Å². The van der Waals surface area contributed by atoms with E-state index in [1.165, 1.54) is 36.5 Å². The molecule has 0 heterocycles. The third-order valence-corrected chi connectivity index (χ3v) is 17.8. The molecule has 6 nitrogen and oxygen atoms in total. The van der Waals surface area contributed by atoms with Gasteiger partial charge in [0.15, 0.2) is 20.5 Å². The van der Waals surface area contributed by atoms with Crippen molar-refractivity contribution < 1.29 is 103 Å². The molecule has 0 aromatic heterocycles. The van der Waals surface area contributed by atoms with Gasteiger partial charge >= 0.3 is 54.3 Å². The third-order valence-electron chi connectivity index (χ3n) is 10.5. The van der Waals surface area contributed by atoms with E-state index in [1.54, 1.807) is 0 Å². The summed E-state index contributed by atoms with van der Waals surface area (Å²) in [7, 11) is -11.3. The highest BCUT2D eigenvalue weighted by molar-refractivity contribution is 7.87. The van der Waals surface area contributed by atoms with Crippen LogP contribution in [0.5, 0.6) is 0 Å². The van der Waals surface area contributed by atoms with Crippen LogP contribution < -0.4 is 42.4 Å². The van der Waals surface area contributed by atoms with E-state index in [4.69, 9.17) is 0 Å². The van der Waals surface area contributed by atoms with E-state index < -0.39 is 71.9 Å². The Hall–Kier alpha value is -3.44. The molecule has 0 spiro atoms. The Balaban J connectivity index is 0.000000252. The number of benzene rings is 5. The summed E-state index contributed by atoms with van der Waals surface area (Å²) in [5.74, 6) is -13.9. The van der Waals surface area contributed by atoms with Crippen LogP contribution in [0.4, 0.5) is 35.1 Å². The fraction of sp³-hybridized carbons (Fsp3) is 0.385. The zero-order valence-electron chi connectivity index (χ0n) is 40.7. The minimum Gasteiger partial charge on any atom is -0.745 e. The van der Waals surface area contributed by atoms with Gasteiger partial charge in [-0.05, 0) is 117 Å². The van der Waals surface area contributed by atoms with Crippen LogP contribution in [0, 0.1) is 25.9 Å². The predicted octanol–water partition coefficient (Wildman–Crippen LogP) is 7.06. The van der Waals surface area contributed by atoms with Gasteiger partial charge in [-0.25, -0.2) is 34.4 Å². The summed E-state index contributed by atoms with van der Waals surface area (Å²) in [6.45, 7) is 27.2. The number of allylic oxidation sites excluding steroid dienone is 1. The monoisotopic (exact) mass is 1250 g/mol. The molecule has 6 rings (SSSR count). The molecule has 0 amide bonds. The number of alkyl halides is 6. The molecule has 0 fully saturated rings. The first-order chi connectivity index (χ1) is 31.6. The minimum atomic E-state index is -6.43. The summed E-state index contributed by atoms with van der Waals surface area (Å²) in [4.78, 5) is -1.04. The zero-order chi connectivity index (χ0) is 53.7. The average Bonchev–Trinajstić information content (AvgIpc) is 3.21. The highest BCUT2D eigenvalue weighted by atomic mass is 127. The van der Waals surface area contributed by atoms with Crippen LogP contribution in [0.2, 0.25) is 0 Å². The third kappa shape index (κ3) is 16.3. The largest absolute Gasteiger partial charge is 0.745 e. The maximum atomic E-state index is 13.1. The summed E-state index contributed by atoms with van der Waals surface area (Å²) >= 11 is -0.141. The number of rotatable bonds is 6. The first kappa shape index (κ1) is 60.9. The molecule has 0 saturated carbocycles. The van der Waals surface area contributed by atoms with E-state index in [1.807, 2.05) is 0 Å². The smallest absolute Gasteiger partial charge is 0.363 e. The zero-order valence-corrected chi connectivity index (χ0v) is 46.7. The fourth-order valence-electron chi connectivity index (χ4n) is 6.06. The van der Waals surface area contributed by atoms with E-state index in [2.05, 4.69) is 180 Å². The lowest BCUT2D eigenvalue weighted by atomic mass is 9.87. The molecule has 0 aliphatic heterocycles. The van der Waals surface area contributed by atoms with Gasteiger partial charge in [0.05, 0.1) is 4.90 Å². The van der Waals surface area contributed by atoms with E-state index in [0.29, 0.717) is 18.2 Å². The van der Waals surface area contributed by atoms with Crippen molar-refractivity contribution in [3.8, 4) is 0 Å². The molecule has 0 saturated heterocycles. The van der Waals surface area contributed by atoms with Gasteiger partial charge < -0.3 is 9.11 Å². The summed E-state index contributed by atoms with van der Waals surface area (Å²) in [6, 6.07) is 38.4. The molecule has 0 N–H and O–H groups in total. The van der Waals surface area contributed by atoms with Crippen molar-refractivity contribution >= 4 is 20.2 Å². The molecule has 0 bridgehead atoms. The van der Waals surface area contributed by atoms with Crippen LogP contribution in [0.1, 0.15) is 105 Å². The van der Waals surface area contributed by atoms with Gasteiger partial charge in [-0.3, -0.25) is 0 Å². The SMILES string of the molecule is CC(C)(C)c1ccc([I+]c2ccc(C(C)(C)C)cc2)cc1.CC(C)(C)c1ccc([I+]c2ccc(C(C)(C)C)cc2)cc1.O=S(=O)([O-])C1(F)C=CC(F)C(F)(F)C1(F)F.O=S(=O)([O-])c1ccc(F)cc1F. The lowest BCUT2D eigenvalue weighted by Crippen LogP contribution is -3.61. The second kappa shape index (κ2) is 22.8. The topological polar surface area (TPSA) is 114 Å². The standard InChI is InChI=1S/2C20H26I.C6H4F6O3S.C6H4F2O3S/c2*1-19(2,3)15-7-11-17(12-8-15)21-18-13-9-16(10-14-18)20(4,5)6;7-3-1-2-4(8,16(13,14)15)6(11,12)5(3,9)10;7-4-1-2-6(5(8)3-4)12(9,10)11/h2*7-14H,1-6H3;1-3H,(H,13,14,15);1-3H,(H,9,10,11)/q2*+1;;/p-2. The Morgan fingerprint density at radius 1 is 0.486 bits per heavy atom. The normalized spacial score (nSPS) is 18.0. The molecule has 2 unspecified atom stereocenters. The van der Waals surface area contributed by atoms with E-state index in [-0.39, 0.29) is 64.1 Å². The van der Waals surface area contributed by atoms with Crippen molar-refractivity contribution in [3.63, 3.8) is 0 Å². The van der Waals surface area contributed by atoms with Gasteiger partial charge in [-0.15, -0.1) is 0 Å². The van der Waals surface area contributed by atoms with Crippen LogP contribution in [0.15, 0.2) is 132 Å². The maximum absolute atomic E-state index is 13.1. The molecule has 2 atom stereocenters. The van der Waals surface area contributed by atoms with Crippen molar-refractivity contribution in [2.45, 2.75) is 133 Å². The summed E-state index contributed by atoms with van der Waals surface area (Å²) in [5, 5.41) is -5.16. The second-order valence-electron chi connectivity index (χ2n) is 20.3. The molecule has 5 aromatic carbocycles. The predicted molar refractivity (Wildman–Crippen MR) is 247 cm³/mol. The minimum absolute atomic E-state index is 0.0703. The van der Waals surface area contributed by atoms with Gasteiger partial charge in [0.1, 0.15) is 31.9 Å². The Labute approximate surface area is 428 Å². The van der Waals surface area contributed by atoms with E-state index in [9.17, 15) is 61.1 Å². The van der Waals surface area contributed by atoms with Gasteiger partial charge in [-0.2, -0.15) is 17.6 Å². The summed E-state index contributed by atoms with van der Waals surface area (Å²) < 4.78 is 168. The van der Waals surface area contributed by atoms with Crippen LogP contribution in [-0.2, 0) is 41.9 Å². The molecule has 70 heavy (non-hydrogen) atoms. The molecule has 5 aromatic rings. The Kier molecular flexibility index (Phi) is 19.8.